The first-order valence-corrected chi connectivity index (χ1v) is 9.03. The number of hydrogen-bond donors (Lipinski definition) is 1. The van der Waals surface area contributed by atoms with Crippen LogP contribution < -0.4 is 5.32 Å². The lowest BCUT2D eigenvalue weighted by atomic mass is 10.1. The lowest BCUT2D eigenvalue weighted by Crippen LogP contribution is -2.25. The van der Waals surface area contributed by atoms with Crippen molar-refractivity contribution in [2.75, 3.05) is 6.54 Å². The van der Waals surface area contributed by atoms with Crippen LogP contribution in [0.1, 0.15) is 15.4 Å². The van der Waals surface area contributed by atoms with Gasteiger partial charge in [0.1, 0.15) is 5.65 Å². The molecule has 0 atom stereocenters. The van der Waals surface area contributed by atoms with Gasteiger partial charge in [-0.05, 0) is 29.1 Å². The van der Waals surface area contributed by atoms with Crippen molar-refractivity contribution in [1.82, 2.24) is 14.7 Å². The van der Waals surface area contributed by atoms with Crippen molar-refractivity contribution >= 4 is 22.9 Å². The Labute approximate surface area is 149 Å². The Hall–Kier alpha value is -2.92. The second kappa shape index (κ2) is 6.91. The molecule has 0 radical (unpaired) electrons. The maximum absolute atomic E-state index is 12.5. The Balaban J connectivity index is 1.42. The molecule has 0 aliphatic rings. The van der Waals surface area contributed by atoms with Gasteiger partial charge in [-0.15, -0.1) is 11.3 Å². The van der Waals surface area contributed by atoms with Gasteiger partial charge in [0, 0.05) is 30.9 Å². The SMILES string of the molecule is O=C(NCCc1cn2ccccc2n1)c1sccc1-c1ccccc1. The summed E-state index contributed by atoms with van der Waals surface area (Å²) >= 11 is 1.47. The Morgan fingerprint density at radius 2 is 1.92 bits per heavy atom. The second-order valence-corrected chi connectivity index (χ2v) is 6.65. The summed E-state index contributed by atoms with van der Waals surface area (Å²) in [6.45, 7) is 0.564. The zero-order chi connectivity index (χ0) is 17.1. The molecule has 0 fully saturated rings. The molecule has 0 aliphatic heterocycles. The summed E-state index contributed by atoms with van der Waals surface area (Å²) in [6, 6.07) is 17.9. The minimum atomic E-state index is -0.0300. The molecular formula is C20H17N3OS. The van der Waals surface area contributed by atoms with Gasteiger partial charge in [0.25, 0.3) is 5.91 Å². The van der Waals surface area contributed by atoms with Crippen LogP contribution in [0.2, 0.25) is 0 Å². The van der Waals surface area contributed by atoms with Crippen molar-refractivity contribution in [2.24, 2.45) is 0 Å². The van der Waals surface area contributed by atoms with E-state index < -0.39 is 0 Å². The van der Waals surface area contributed by atoms with E-state index in [9.17, 15) is 4.79 Å². The minimum Gasteiger partial charge on any atom is -0.351 e. The fraction of sp³-hybridized carbons (Fsp3) is 0.100. The van der Waals surface area contributed by atoms with Crippen LogP contribution >= 0.6 is 11.3 Å². The van der Waals surface area contributed by atoms with Crippen molar-refractivity contribution in [3.05, 3.63) is 82.9 Å². The van der Waals surface area contributed by atoms with Crippen molar-refractivity contribution in [2.45, 2.75) is 6.42 Å². The lowest BCUT2D eigenvalue weighted by Gasteiger charge is -2.05. The first-order chi connectivity index (χ1) is 12.3. The Morgan fingerprint density at radius 1 is 1.08 bits per heavy atom. The van der Waals surface area contributed by atoms with Gasteiger partial charge in [-0.2, -0.15) is 0 Å². The molecule has 4 aromatic rings. The van der Waals surface area contributed by atoms with Crippen molar-refractivity contribution < 1.29 is 4.79 Å². The Morgan fingerprint density at radius 3 is 2.76 bits per heavy atom. The van der Waals surface area contributed by atoms with Crippen LogP contribution in [-0.2, 0) is 6.42 Å². The van der Waals surface area contributed by atoms with Gasteiger partial charge in [-0.3, -0.25) is 4.79 Å². The van der Waals surface area contributed by atoms with Crippen LogP contribution in [0, 0.1) is 0 Å². The van der Waals surface area contributed by atoms with Gasteiger partial charge in [-0.25, -0.2) is 4.98 Å². The molecule has 4 rings (SSSR count). The highest BCUT2D eigenvalue weighted by Gasteiger charge is 2.14. The highest BCUT2D eigenvalue weighted by molar-refractivity contribution is 7.12. The number of benzene rings is 1. The van der Waals surface area contributed by atoms with Crippen LogP contribution in [0.3, 0.4) is 0 Å². The van der Waals surface area contributed by atoms with Gasteiger partial charge in [0.2, 0.25) is 0 Å². The van der Waals surface area contributed by atoms with E-state index in [1.807, 2.05) is 76.8 Å². The number of nitrogens with one attached hydrogen (secondary N) is 1. The molecule has 1 amide bonds. The molecule has 124 valence electrons. The molecule has 3 heterocycles. The summed E-state index contributed by atoms with van der Waals surface area (Å²) in [6.07, 6.45) is 4.68. The maximum atomic E-state index is 12.5. The molecule has 0 unspecified atom stereocenters. The van der Waals surface area contributed by atoms with Crippen molar-refractivity contribution in [3.8, 4) is 11.1 Å². The average Bonchev–Trinajstić information content (AvgIpc) is 3.29. The average molecular weight is 347 g/mol. The van der Waals surface area contributed by atoms with Gasteiger partial charge in [0.05, 0.1) is 10.6 Å². The Bertz CT molecular complexity index is 971. The molecular weight excluding hydrogens is 330 g/mol. The quantitative estimate of drug-likeness (QED) is 0.592. The third-order valence-corrected chi connectivity index (χ3v) is 4.95. The summed E-state index contributed by atoms with van der Waals surface area (Å²) in [5.74, 6) is -0.0300. The number of rotatable bonds is 5. The van der Waals surface area contributed by atoms with E-state index in [1.54, 1.807) is 0 Å². The molecule has 0 saturated heterocycles. The number of fused-ring (bicyclic) bond motifs is 1. The topological polar surface area (TPSA) is 46.4 Å². The molecule has 0 bridgehead atoms. The Kier molecular flexibility index (Phi) is 4.31. The number of amides is 1. The fourth-order valence-corrected chi connectivity index (χ4v) is 3.65. The van der Waals surface area contributed by atoms with Crippen LogP contribution in [0.4, 0.5) is 0 Å². The highest BCUT2D eigenvalue weighted by Crippen LogP contribution is 2.27. The number of thiophene rings is 1. The number of imidazole rings is 1. The monoisotopic (exact) mass is 347 g/mol. The molecule has 25 heavy (non-hydrogen) atoms. The lowest BCUT2D eigenvalue weighted by molar-refractivity contribution is 0.0958. The third-order valence-electron chi connectivity index (χ3n) is 4.04. The second-order valence-electron chi connectivity index (χ2n) is 5.73. The predicted molar refractivity (Wildman–Crippen MR) is 101 cm³/mol. The van der Waals surface area contributed by atoms with Crippen LogP contribution in [0.25, 0.3) is 16.8 Å². The van der Waals surface area contributed by atoms with Gasteiger partial charge >= 0.3 is 0 Å². The van der Waals surface area contributed by atoms with E-state index in [2.05, 4.69) is 10.3 Å². The van der Waals surface area contributed by atoms with Crippen LogP contribution in [-0.4, -0.2) is 21.8 Å². The molecule has 0 aliphatic carbocycles. The maximum Gasteiger partial charge on any atom is 0.261 e. The number of carbonyl (C=O) groups is 1. The van der Waals surface area contributed by atoms with E-state index in [4.69, 9.17) is 0 Å². The van der Waals surface area contributed by atoms with Crippen molar-refractivity contribution in [1.29, 1.82) is 0 Å². The van der Waals surface area contributed by atoms with E-state index in [1.165, 1.54) is 11.3 Å². The van der Waals surface area contributed by atoms with Gasteiger partial charge in [-0.1, -0.05) is 36.4 Å². The molecule has 1 N–H and O–H groups in total. The molecule has 0 saturated carbocycles. The molecule has 3 aromatic heterocycles. The molecule has 4 nitrogen and oxygen atoms in total. The fourth-order valence-electron chi connectivity index (χ4n) is 2.82. The van der Waals surface area contributed by atoms with Crippen LogP contribution in [0.15, 0.2) is 72.4 Å². The summed E-state index contributed by atoms with van der Waals surface area (Å²) in [4.78, 5) is 17.8. The van der Waals surface area contributed by atoms with Crippen LogP contribution in [0.5, 0.6) is 0 Å². The van der Waals surface area contributed by atoms with E-state index in [0.717, 1.165) is 27.3 Å². The largest absolute Gasteiger partial charge is 0.351 e. The molecule has 5 heteroatoms. The van der Waals surface area contributed by atoms with E-state index in [0.29, 0.717) is 13.0 Å². The van der Waals surface area contributed by atoms with Gasteiger partial charge in [0.15, 0.2) is 0 Å². The van der Waals surface area contributed by atoms with Crippen molar-refractivity contribution in [3.63, 3.8) is 0 Å². The van der Waals surface area contributed by atoms with Gasteiger partial charge < -0.3 is 9.72 Å². The first kappa shape index (κ1) is 15.6. The summed E-state index contributed by atoms with van der Waals surface area (Å²) in [7, 11) is 0. The standard InChI is InChI=1S/C20H17N3OS/c24-20(19-17(10-13-25-19)15-6-2-1-3-7-15)21-11-9-16-14-23-12-5-4-8-18(23)22-16/h1-8,10,12-14H,9,11H2,(H,21,24). The molecule has 1 aromatic carbocycles. The van der Waals surface area contributed by atoms with E-state index in [-0.39, 0.29) is 5.91 Å². The number of carbonyl (C=O) groups excluding carboxylic acids is 1. The summed E-state index contributed by atoms with van der Waals surface area (Å²) in [5.41, 5.74) is 3.94. The van der Waals surface area contributed by atoms with E-state index >= 15 is 0 Å². The third kappa shape index (κ3) is 3.32. The number of nitrogens with zero attached hydrogens (tertiary/aromatic N) is 2. The predicted octanol–water partition coefficient (Wildman–Crippen LogP) is 4.04. The number of aromatic nitrogens is 2. The first-order valence-electron chi connectivity index (χ1n) is 8.15. The zero-order valence-corrected chi connectivity index (χ0v) is 14.4. The zero-order valence-electron chi connectivity index (χ0n) is 13.6. The minimum absolute atomic E-state index is 0.0300. The molecule has 0 spiro atoms. The summed E-state index contributed by atoms with van der Waals surface area (Å²) in [5, 5.41) is 4.97. The number of pyridine rings is 1. The highest BCUT2D eigenvalue weighted by atomic mass is 32.1. The number of hydrogen-bond acceptors (Lipinski definition) is 3. The smallest absolute Gasteiger partial charge is 0.261 e. The normalized spacial score (nSPS) is 10.9. The summed E-state index contributed by atoms with van der Waals surface area (Å²) < 4.78 is 1.99.